The molecule has 16 rings (SSSR count). The standard InChI is InChI=1S/C81H58N14O29S7/c1-38-10-8-11-39(32-38)70(96)68-62-46-14-4-7-17-49(46)73(99)65-51(27-29-57(67(62)65)94(2)74(68)100)85-54-35-53(59(128-124-120-105)37-60(54)130(109,110)111)86-78-88-76(90-80(92-78)116-42-20-24-45(25-21-42)129(106,107)108)82-30-31-83-77-89-79(93-81(91-77)115-41-18-22-43(23-19-41)125-121-117-102)87-55-34-52(58(127-123-119-104)36-61(55)131(112,113)114)84-50-26-28-56-66-63(47-15-5-6-16-48(47)72(98)64(50)66)69(75(101)95(56)3)71(97)40-12-9-13-44(33-40)126-122-118-103/h4-29,32-37,84-85,102-105H,30-31H2,1-3H3,(H,106,107,108)(H,109,110,111)(H,112,113,114)(H2,82,86,88,90,92)(H2,83,87,89,91,93). The van der Waals surface area contributed by atoms with Crippen molar-refractivity contribution in [3.05, 3.63) is 265 Å². The van der Waals surface area contributed by atoms with E-state index in [9.17, 15) is 68.6 Å². The summed E-state index contributed by atoms with van der Waals surface area (Å²) in [6.45, 7) is 1.26. The molecule has 50 heteroatoms. The number of rotatable bonds is 36. The van der Waals surface area contributed by atoms with Gasteiger partial charge in [-0.15, -0.1) is 17.3 Å². The van der Waals surface area contributed by atoms with Gasteiger partial charge in [-0.05, 0) is 133 Å². The number of carbonyl (C=O) groups excluding carboxylic acids is 4. The number of ketones is 4. The third kappa shape index (κ3) is 19.0. The highest BCUT2D eigenvalue weighted by Gasteiger charge is 2.38. The number of ether oxygens (including phenoxy) is 2. The van der Waals surface area contributed by atoms with Crippen LogP contribution >= 0.6 is 48.2 Å². The molecule has 0 fully saturated rings. The third-order valence-corrected chi connectivity index (χ3v) is 25.1. The van der Waals surface area contributed by atoms with Gasteiger partial charge in [-0.2, -0.15) is 55.2 Å². The number of carbonyl (C=O) groups is 4. The molecule has 0 amide bonds. The molecule has 0 spiro atoms. The van der Waals surface area contributed by atoms with Crippen LogP contribution in [0.3, 0.4) is 0 Å². The van der Waals surface area contributed by atoms with Crippen LogP contribution in [0.4, 0.5) is 57.9 Å². The largest absolute Gasteiger partial charge is 0.424 e. The van der Waals surface area contributed by atoms with Crippen LogP contribution in [-0.2, 0) is 81.9 Å². The molecule has 0 unspecified atom stereocenters. The quantitative estimate of drug-likeness (QED) is 0.00433. The second-order valence-electron chi connectivity index (χ2n) is 27.8. The summed E-state index contributed by atoms with van der Waals surface area (Å²) in [6, 6.07) is 43.5. The zero-order chi connectivity index (χ0) is 92.5. The number of pyridine rings is 2. The molecule has 668 valence electrons. The Labute approximate surface area is 752 Å². The van der Waals surface area contributed by atoms with Gasteiger partial charge < -0.3 is 50.5 Å². The molecule has 13 N–H and O–H groups in total. The molecule has 131 heavy (non-hydrogen) atoms. The van der Waals surface area contributed by atoms with Crippen molar-refractivity contribution >= 4 is 181 Å². The van der Waals surface area contributed by atoms with E-state index in [1.807, 2.05) is 0 Å². The monoisotopic (exact) mass is 1910 g/mol. The number of anilines is 10. The number of aromatic nitrogens is 8. The van der Waals surface area contributed by atoms with Crippen LogP contribution in [-0.4, -0.2) is 135 Å². The Kier molecular flexibility index (Phi) is 26.2. The highest BCUT2D eigenvalue weighted by Crippen LogP contribution is 2.49. The number of aryl methyl sites for hydroxylation is 3. The fraction of sp³-hybridized carbons (Fsp3) is 0.0617. The van der Waals surface area contributed by atoms with Crippen molar-refractivity contribution in [1.29, 1.82) is 0 Å². The minimum absolute atomic E-state index is 0.00701. The van der Waals surface area contributed by atoms with Gasteiger partial charge in [0.25, 0.3) is 41.5 Å². The molecule has 43 nitrogen and oxygen atoms in total. The Balaban J connectivity index is 0.750. The Morgan fingerprint density at radius 2 is 0.794 bits per heavy atom. The SMILES string of the molecule is Cc1cccc(C(=O)c2c3c4c(c(Nc5cc(Nc6nc(NCCNc7nc(Nc8cc(Nc9ccc%10c%11c9C(=O)c9ccccc9-c%11c(C(=O)c9cccc(SOOO)c9)c(=O)n%10C)c(SOOO)cc8S(=O)(=O)O)nc(Oc8ccc(SOOO)cc8)n7)nc(Oc7ccc(S(=O)(=O)O)cc7)n6)c(SOOO)cc5S(=O)(=O)O)ccc4n(C)c2=O)C(=O)c2ccccc2-3)c1. The summed E-state index contributed by atoms with van der Waals surface area (Å²) in [5, 5.41) is 69.8. The highest BCUT2D eigenvalue weighted by molar-refractivity contribution is 7.95. The first-order chi connectivity index (χ1) is 62.9. The van der Waals surface area contributed by atoms with Gasteiger partial charge in [0.05, 0.1) is 130 Å². The fourth-order valence-electron chi connectivity index (χ4n) is 14.4. The zero-order valence-corrected chi connectivity index (χ0v) is 72.2. The van der Waals surface area contributed by atoms with E-state index in [2.05, 4.69) is 90.6 Å². The van der Waals surface area contributed by atoms with E-state index in [1.165, 1.54) is 108 Å². The molecule has 0 bridgehead atoms. The number of benzene rings is 10. The van der Waals surface area contributed by atoms with Crippen LogP contribution in [0, 0.1) is 6.92 Å². The lowest BCUT2D eigenvalue weighted by Crippen LogP contribution is -2.29. The molecule has 0 saturated carbocycles. The first kappa shape index (κ1) is 90.7. The summed E-state index contributed by atoms with van der Waals surface area (Å²) in [7, 11) is -12.6. The highest BCUT2D eigenvalue weighted by atomic mass is 32.2. The van der Waals surface area contributed by atoms with Crippen LogP contribution in [0.5, 0.6) is 23.5 Å². The van der Waals surface area contributed by atoms with Gasteiger partial charge in [-0.3, -0.25) is 42.4 Å². The summed E-state index contributed by atoms with van der Waals surface area (Å²) in [4.78, 5) is 113. The van der Waals surface area contributed by atoms with Crippen molar-refractivity contribution in [2.45, 2.75) is 41.2 Å². The van der Waals surface area contributed by atoms with Crippen molar-refractivity contribution in [3.63, 3.8) is 0 Å². The van der Waals surface area contributed by atoms with Crippen molar-refractivity contribution < 1.29 is 126 Å². The second kappa shape index (κ2) is 37.8. The Hall–Kier alpha value is -13.6. The molecule has 0 atom stereocenters. The number of hydrogen-bond acceptors (Lipinski definition) is 42. The summed E-state index contributed by atoms with van der Waals surface area (Å²) in [6.07, 6.45) is 0. The lowest BCUT2D eigenvalue weighted by Gasteiger charge is -2.26. The maximum atomic E-state index is 15.2. The first-order valence-corrected chi connectivity index (χ1v) is 44.6. The second-order valence-corrected chi connectivity index (χ2v) is 35.1. The van der Waals surface area contributed by atoms with Crippen molar-refractivity contribution in [2.24, 2.45) is 14.1 Å². The lowest BCUT2D eigenvalue weighted by molar-refractivity contribution is -0.432. The maximum absolute atomic E-state index is 15.2. The third-order valence-electron chi connectivity index (χ3n) is 20.0. The Bertz CT molecular complexity index is 7560. The first-order valence-electron chi connectivity index (χ1n) is 37.3. The molecular weight excluding hydrogens is 1860 g/mol. The number of nitrogens with one attached hydrogen (secondary N) is 6. The fourth-order valence-corrected chi connectivity index (χ4v) is 18.1. The average molecular weight is 1920 g/mol. The van der Waals surface area contributed by atoms with Crippen molar-refractivity contribution in [1.82, 2.24) is 39.0 Å². The van der Waals surface area contributed by atoms with Gasteiger partial charge in [0.1, 0.15) is 21.3 Å². The average Bonchev–Trinajstić information content (AvgIpc) is 0.708. The minimum atomic E-state index is -5.36. The van der Waals surface area contributed by atoms with Gasteiger partial charge >= 0.3 is 12.0 Å². The maximum Gasteiger partial charge on any atom is 0.328 e. The van der Waals surface area contributed by atoms with E-state index in [-0.39, 0.29) is 187 Å². The molecule has 4 heterocycles. The van der Waals surface area contributed by atoms with Gasteiger partial charge in [0, 0.05) is 81.1 Å². The van der Waals surface area contributed by atoms with Gasteiger partial charge in [-0.1, -0.05) is 105 Å². The lowest BCUT2D eigenvalue weighted by atomic mass is 9.80. The summed E-state index contributed by atoms with van der Waals surface area (Å²) in [5.41, 5.74) is -1.92. The van der Waals surface area contributed by atoms with Crippen LogP contribution in [0.15, 0.2) is 238 Å². The van der Waals surface area contributed by atoms with Crippen LogP contribution < -0.4 is 52.5 Å². The predicted molar refractivity (Wildman–Crippen MR) is 468 cm³/mol. The molecule has 0 radical (unpaired) electrons. The van der Waals surface area contributed by atoms with E-state index in [4.69, 9.17) is 28.7 Å². The van der Waals surface area contributed by atoms with Crippen molar-refractivity contribution in [2.75, 3.05) is 45.0 Å². The van der Waals surface area contributed by atoms with E-state index >= 15 is 9.59 Å². The van der Waals surface area contributed by atoms with E-state index in [1.54, 1.807) is 67.6 Å². The van der Waals surface area contributed by atoms with Gasteiger partial charge in [-0.25, -0.2) is 21.0 Å². The molecule has 10 aromatic carbocycles. The Morgan fingerprint density at radius 1 is 0.389 bits per heavy atom. The zero-order valence-electron chi connectivity index (χ0n) is 66.4. The van der Waals surface area contributed by atoms with Crippen molar-refractivity contribution in [3.8, 4) is 45.8 Å². The molecule has 4 aromatic heterocycles. The van der Waals surface area contributed by atoms with Crippen LogP contribution in [0.2, 0.25) is 0 Å². The van der Waals surface area contributed by atoms with Crippen LogP contribution in [0.1, 0.15) is 69.2 Å². The summed E-state index contributed by atoms with van der Waals surface area (Å²) < 4.78 is 144. The number of fused-ring (bicyclic) bond motifs is 4. The van der Waals surface area contributed by atoms with E-state index in [0.717, 1.165) is 48.5 Å². The topological polar surface area (TPSA) is 598 Å². The predicted octanol–water partition coefficient (Wildman–Crippen LogP) is 14.5. The van der Waals surface area contributed by atoms with Gasteiger partial charge in [0.15, 0.2) is 23.1 Å². The smallest absolute Gasteiger partial charge is 0.328 e. The number of nitrogens with zero attached hydrogens (tertiary/aromatic N) is 8. The normalized spacial score (nSPS) is 12.2. The molecule has 2 aliphatic carbocycles. The molecule has 0 aliphatic heterocycles. The van der Waals surface area contributed by atoms with Gasteiger partial charge in [0.2, 0.25) is 23.8 Å². The summed E-state index contributed by atoms with van der Waals surface area (Å²) in [5.74, 6) is -4.48. The Morgan fingerprint density at radius 3 is 1.25 bits per heavy atom. The number of hydrogen-bond donors (Lipinski definition) is 13. The molecular formula is C81H58N14O29S7. The molecule has 14 aromatic rings. The summed E-state index contributed by atoms with van der Waals surface area (Å²) >= 11 is 1.56. The van der Waals surface area contributed by atoms with E-state index < -0.39 is 115 Å². The molecule has 2 aliphatic rings. The van der Waals surface area contributed by atoms with Crippen LogP contribution in [0.25, 0.3) is 44.1 Å². The molecule has 0 saturated heterocycles. The minimum Gasteiger partial charge on any atom is -0.424 e. The van der Waals surface area contributed by atoms with E-state index in [0.29, 0.717) is 34.5 Å².